The van der Waals surface area contributed by atoms with E-state index >= 15 is 0 Å². The van der Waals surface area contributed by atoms with Crippen molar-refractivity contribution in [2.75, 3.05) is 32.8 Å². The van der Waals surface area contributed by atoms with Crippen LogP contribution in [0, 0.1) is 11.3 Å². The summed E-state index contributed by atoms with van der Waals surface area (Å²) in [4.78, 5) is 19.0. The van der Waals surface area contributed by atoms with Crippen LogP contribution in [0.4, 0.5) is 0 Å². The van der Waals surface area contributed by atoms with E-state index in [1.807, 2.05) is 18.7 Å². The van der Waals surface area contributed by atoms with E-state index in [0.717, 1.165) is 0 Å². The molecular formula is C22H30N4O4S. The number of carbonyl (C=O) groups is 1. The fraction of sp³-hybridized carbons (Fsp3) is 0.545. The van der Waals surface area contributed by atoms with Crippen LogP contribution in [0.5, 0.6) is 5.75 Å². The molecule has 0 atom stereocenters. The molecule has 8 nitrogen and oxygen atoms in total. The van der Waals surface area contributed by atoms with Gasteiger partial charge in [0.15, 0.2) is 0 Å². The second-order valence-electron chi connectivity index (χ2n) is 9.11. The van der Waals surface area contributed by atoms with E-state index in [0.29, 0.717) is 57.1 Å². The van der Waals surface area contributed by atoms with Gasteiger partial charge in [-0.1, -0.05) is 26.0 Å². The second-order valence-corrected chi connectivity index (χ2v) is 11.0. The zero-order chi connectivity index (χ0) is 22.2. The topological polar surface area (TPSA) is 84.7 Å². The minimum absolute atomic E-state index is 0.0429. The number of imidazole rings is 1. The van der Waals surface area contributed by atoms with Gasteiger partial charge in [0.1, 0.15) is 16.3 Å². The lowest BCUT2D eigenvalue weighted by Crippen LogP contribution is -2.53. The molecule has 0 saturated carbocycles. The van der Waals surface area contributed by atoms with Crippen LogP contribution in [0.15, 0.2) is 41.7 Å². The monoisotopic (exact) mass is 446 g/mol. The summed E-state index contributed by atoms with van der Waals surface area (Å²) in [5.41, 5.74) is 0.224. The molecule has 1 fully saturated rings. The van der Waals surface area contributed by atoms with Crippen molar-refractivity contribution < 1.29 is 17.9 Å². The number of aryl methyl sites for hydroxylation is 1. The number of amides is 1. The van der Waals surface area contributed by atoms with Crippen molar-refractivity contribution in [1.82, 2.24) is 18.8 Å². The number of hydrogen-bond acceptors (Lipinski definition) is 5. The van der Waals surface area contributed by atoms with Gasteiger partial charge < -0.3 is 14.2 Å². The SMILES string of the molecule is CC(C)CN1CC2(CCN(C(=O)c3cncn3C)CC2)COc2ccccc2S1(=O)=O. The van der Waals surface area contributed by atoms with Gasteiger partial charge in [0.2, 0.25) is 10.0 Å². The lowest BCUT2D eigenvalue weighted by molar-refractivity contribution is 0.0285. The number of piperidine rings is 1. The van der Waals surface area contributed by atoms with Crippen LogP contribution >= 0.6 is 0 Å². The maximum Gasteiger partial charge on any atom is 0.272 e. The normalized spacial score (nSPS) is 20.7. The number of benzene rings is 1. The number of sulfonamides is 1. The first-order chi connectivity index (χ1) is 14.7. The van der Waals surface area contributed by atoms with Crippen LogP contribution < -0.4 is 4.74 Å². The zero-order valence-corrected chi connectivity index (χ0v) is 19.1. The minimum Gasteiger partial charge on any atom is -0.492 e. The van der Waals surface area contributed by atoms with Crippen molar-refractivity contribution in [3.05, 3.63) is 42.5 Å². The van der Waals surface area contributed by atoms with Crippen LogP contribution in [-0.4, -0.2) is 65.9 Å². The van der Waals surface area contributed by atoms with Gasteiger partial charge in [-0.05, 0) is 30.9 Å². The van der Waals surface area contributed by atoms with Gasteiger partial charge in [0.05, 0.1) is 19.1 Å². The van der Waals surface area contributed by atoms with E-state index in [4.69, 9.17) is 4.74 Å². The van der Waals surface area contributed by atoms with Crippen molar-refractivity contribution in [1.29, 1.82) is 0 Å². The van der Waals surface area contributed by atoms with Crippen LogP contribution in [0.25, 0.3) is 0 Å². The van der Waals surface area contributed by atoms with Crippen molar-refractivity contribution >= 4 is 15.9 Å². The number of aromatic nitrogens is 2. The molecule has 0 radical (unpaired) electrons. The Morgan fingerprint density at radius 3 is 2.58 bits per heavy atom. The summed E-state index contributed by atoms with van der Waals surface area (Å²) in [5.74, 6) is 0.563. The summed E-state index contributed by atoms with van der Waals surface area (Å²) in [5, 5.41) is 0. The third-order valence-electron chi connectivity index (χ3n) is 6.23. The van der Waals surface area contributed by atoms with Gasteiger partial charge in [-0.15, -0.1) is 0 Å². The molecule has 0 aliphatic carbocycles. The fourth-order valence-corrected chi connectivity index (χ4v) is 6.29. The van der Waals surface area contributed by atoms with E-state index in [1.54, 1.807) is 52.7 Å². The van der Waals surface area contributed by atoms with Crippen LogP contribution in [0.2, 0.25) is 0 Å². The highest BCUT2D eigenvalue weighted by Gasteiger charge is 2.43. The Balaban J connectivity index is 1.59. The summed E-state index contributed by atoms with van der Waals surface area (Å²) in [6.07, 6.45) is 4.57. The number of fused-ring (bicyclic) bond motifs is 1. The van der Waals surface area contributed by atoms with Crippen LogP contribution in [-0.2, 0) is 17.1 Å². The Morgan fingerprint density at radius 2 is 1.94 bits per heavy atom. The van der Waals surface area contributed by atoms with Crippen LogP contribution in [0.3, 0.4) is 0 Å². The van der Waals surface area contributed by atoms with Gasteiger partial charge in [-0.3, -0.25) is 4.79 Å². The third kappa shape index (κ3) is 4.21. The van der Waals surface area contributed by atoms with Gasteiger partial charge in [0.25, 0.3) is 5.91 Å². The molecule has 2 aliphatic rings. The Morgan fingerprint density at radius 1 is 1.23 bits per heavy atom. The lowest BCUT2D eigenvalue weighted by Gasteiger charge is -2.45. The number of para-hydroxylation sites is 1. The highest BCUT2D eigenvalue weighted by atomic mass is 32.2. The quantitative estimate of drug-likeness (QED) is 0.723. The maximum absolute atomic E-state index is 13.5. The van der Waals surface area contributed by atoms with Crippen molar-refractivity contribution in [2.45, 2.75) is 31.6 Å². The van der Waals surface area contributed by atoms with Crippen molar-refractivity contribution in [3.63, 3.8) is 0 Å². The first-order valence-electron chi connectivity index (χ1n) is 10.7. The fourth-order valence-electron chi connectivity index (χ4n) is 4.44. The molecule has 2 aliphatic heterocycles. The van der Waals surface area contributed by atoms with E-state index in [2.05, 4.69) is 4.98 Å². The molecule has 31 heavy (non-hydrogen) atoms. The molecule has 4 rings (SSSR count). The van der Waals surface area contributed by atoms with E-state index < -0.39 is 10.0 Å². The van der Waals surface area contributed by atoms with Crippen molar-refractivity contribution in [2.24, 2.45) is 18.4 Å². The number of rotatable bonds is 3. The Hall–Kier alpha value is -2.39. The van der Waals surface area contributed by atoms with Gasteiger partial charge >= 0.3 is 0 Å². The van der Waals surface area contributed by atoms with Gasteiger partial charge in [-0.2, -0.15) is 4.31 Å². The molecule has 0 unspecified atom stereocenters. The molecule has 9 heteroatoms. The molecule has 1 amide bonds. The molecule has 3 heterocycles. The number of ether oxygens (including phenoxy) is 1. The minimum atomic E-state index is -3.67. The van der Waals surface area contributed by atoms with Crippen molar-refractivity contribution in [3.8, 4) is 5.75 Å². The summed E-state index contributed by atoms with van der Waals surface area (Å²) >= 11 is 0. The van der Waals surface area contributed by atoms with Crippen LogP contribution in [0.1, 0.15) is 37.2 Å². The standard InChI is InChI=1S/C22H30N4O4S/c1-17(2)13-26-14-22(15-30-19-6-4-5-7-20(19)31(26,28)29)8-10-25(11-9-22)21(27)18-12-23-16-24(18)3/h4-7,12,16-17H,8-11,13-15H2,1-3H3. The highest BCUT2D eigenvalue weighted by Crippen LogP contribution is 2.39. The largest absolute Gasteiger partial charge is 0.492 e. The van der Waals surface area contributed by atoms with Gasteiger partial charge in [0, 0.05) is 38.6 Å². The number of hydrogen-bond donors (Lipinski definition) is 0. The molecule has 1 aromatic heterocycles. The predicted molar refractivity (Wildman–Crippen MR) is 116 cm³/mol. The first-order valence-corrected chi connectivity index (χ1v) is 12.1. The predicted octanol–water partition coefficient (Wildman–Crippen LogP) is 2.38. The first kappa shape index (κ1) is 21.8. The summed E-state index contributed by atoms with van der Waals surface area (Å²) in [6.45, 7) is 6.46. The van der Waals surface area contributed by atoms with Gasteiger partial charge in [-0.25, -0.2) is 13.4 Å². The Labute approximate surface area is 183 Å². The second kappa shape index (κ2) is 8.27. The average Bonchev–Trinajstić information content (AvgIpc) is 3.17. The highest BCUT2D eigenvalue weighted by molar-refractivity contribution is 7.89. The number of carbonyl (C=O) groups excluding carboxylic acids is 1. The van der Waals surface area contributed by atoms with E-state index in [1.165, 1.54) is 0 Å². The Kier molecular flexibility index (Phi) is 5.83. The molecule has 1 spiro atoms. The number of nitrogens with zero attached hydrogens (tertiary/aromatic N) is 4. The molecule has 2 aromatic rings. The summed E-state index contributed by atoms with van der Waals surface area (Å²) in [6, 6.07) is 6.86. The Bertz CT molecular complexity index is 1050. The molecule has 1 saturated heterocycles. The zero-order valence-electron chi connectivity index (χ0n) is 18.3. The third-order valence-corrected chi connectivity index (χ3v) is 8.08. The average molecular weight is 447 g/mol. The maximum atomic E-state index is 13.5. The molecule has 0 bridgehead atoms. The lowest BCUT2D eigenvalue weighted by atomic mass is 9.78. The van der Waals surface area contributed by atoms with E-state index in [9.17, 15) is 13.2 Å². The number of likely N-dealkylation sites (tertiary alicyclic amines) is 1. The van der Waals surface area contributed by atoms with E-state index in [-0.39, 0.29) is 22.1 Å². The molecule has 1 aromatic carbocycles. The summed E-state index contributed by atoms with van der Waals surface area (Å²) < 4.78 is 36.4. The smallest absolute Gasteiger partial charge is 0.272 e. The molecule has 0 N–H and O–H groups in total. The molecule has 168 valence electrons. The molecular weight excluding hydrogens is 416 g/mol. The summed E-state index contributed by atoms with van der Waals surface area (Å²) in [7, 11) is -1.86.